The van der Waals surface area contributed by atoms with Crippen LogP contribution in [0.5, 0.6) is 0 Å². The van der Waals surface area contributed by atoms with Crippen LogP contribution in [0.1, 0.15) is 23.2 Å². The number of hydrogen-bond acceptors (Lipinski definition) is 5. The van der Waals surface area contributed by atoms with Gasteiger partial charge in [0, 0.05) is 50.9 Å². The van der Waals surface area contributed by atoms with E-state index in [9.17, 15) is 14.4 Å². The van der Waals surface area contributed by atoms with E-state index in [0.717, 1.165) is 35.3 Å². The van der Waals surface area contributed by atoms with Gasteiger partial charge >= 0.3 is 0 Å². The molecule has 4 rings (SSSR count). The fraction of sp³-hybridized carbons (Fsp3) is 0.478. The number of anilines is 1. The van der Waals surface area contributed by atoms with Gasteiger partial charge < -0.3 is 10.2 Å². The number of aryl methyl sites for hydroxylation is 3. The van der Waals surface area contributed by atoms with Crippen molar-refractivity contribution < 1.29 is 9.59 Å². The van der Waals surface area contributed by atoms with Crippen LogP contribution in [0.2, 0.25) is 0 Å². The van der Waals surface area contributed by atoms with Gasteiger partial charge in [-0.1, -0.05) is 17.7 Å². The van der Waals surface area contributed by atoms with Crippen LogP contribution in [0.3, 0.4) is 0 Å². The number of nitrogens with one attached hydrogen (secondary N) is 1. The highest BCUT2D eigenvalue weighted by molar-refractivity contribution is 5.92. The lowest BCUT2D eigenvalue weighted by Gasteiger charge is -2.37. The number of benzene rings is 1. The molecule has 0 radical (unpaired) electrons. The Morgan fingerprint density at radius 2 is 1.84 bits per heavy atom. The third kappa shape index (κ3) is 5.02. The van der Waals surface area contributed by atoms with E-state index in [1.807, 2.05) is 36.1 Å². The van der Waals surface area contributed by atoms with Crippen molar-refractivity contribution in [2.24, 2.45) is 13.0 Å². The van der Waals surface area contributed by atoms with Crippen LogP contribution in [0.4, 0.5) is 5.69 Å². The van der Waals surface area contributed by atoms with Crippen molar-refractivity contribution in [1.82, 2.24) is 19.6 Å². The molecule has 2 aromatic rings. The zero-order valence-corrected chi connectivity index (χ0v) is 18.1. The van der Waals surface area contributed by atoms with Crippen LogP contribution in [-0.4, -0.2) is 64.1 Å². The van der Waals surface area contributed by atoms with Crippen molar-refractivity contribution >= 4 is 17.5 Å². The van der Waals surface area contributed by atoms with Gasteiger partial charge in [0.25, 0.3) is 5.56 Å². The Morgan fingerprint density at radius 3 is 2.55 bits per heavy atom. The third-order valence-corrected chi connectivity index (χ3v) is 6.19. The lowest BCUT2D eigenvalue weighted by atomic mass is 9.86. The smallest absolute Gasteiger partial charge is 0.266 e. The molecule has 2 amide bonds. The van der Waals surface area contributed by atoms with Crippen molar-refractivity contribution in [3.8, 4) is 0 Å². The van der Waals surface area contributed by atoms with Gasteiger partial charge in [0.1, 0.15) is 0 Å². The normalized spacial score (nSPS) is 19.0. The second-order valence-corrected chi connectivity index (χ2v) is 8.53. The highest BCUT2D eigenvalue weighted by atomic mass is 16.2. The minimum Gasteiger partial charge on any atom is -0.340 e. The molecule has 1 aliphatic carbocycles. The number of amides is 2. The number of rotatable bonds is 4. The van der Waals surface area contributed by atoms with Crippen molar-refractivity contribution in [2.75, 3.05) is 38.0 Å². The second-order valence-electron chi connectivity index (χ2n) is 8.53. The molecule has 1 aromatic heterocycles. The van der Waals surface area contributed by atoms with E-state index in [-0.39, 0.29) is 23.3 Å². The molecule has 1 aliphatic heterocycles. The molecule has 2 heterocycles. The molecule has 1 aromatic carbocycles. The maximum absolute atomic E-state index is 13.0. The summed E-state index contributed by atoms with van der Waals surface area (Å²) in [6.07, 6.45) is 2.06. The van der Waals surface area contributed by atoms with Gasteiger partial charge in [0.05, 0.1) is 12.2 Å². The van der Waals surface area contributed by atoms with Crippen LogP contribution in [0.15, 0.2) is 35.1 Å². The van der Waals surface area contributed by atoms with Crippen molar-refractivity contribution in [3.63, 3.8) is 0 Å². The zero-order chi connectivity index (χ0) is 22.0. The summed E-state index contributed by atoms with van der Waals surface area (Å²) in [7, 11) is 1.65. The summed E-state index contributed by atoms with van der Waals surface area (Å²) in [5.41, 5.74) is 3.64. The highest BCUT2D eigenvalue weighted by Crippen LogP contribution is 2.25. The highest BCUT2D eigenvalue weighted by Gasteiger charge is 2.31. The van der Waals surface area contributed by atoms with Gasteiger partial charge in [-0.3, -0.25) is 19.3 Å². The maximum Gasteiger partial charge on any atom is 0.266 e. The standard InChI is InChI=1S/C23H29N5O3/c1-16-3-6-19(7-4-16)24-21(29)15-27-9-11-28(12-10-27)23(31)17-5-8-20-18(13-17)14-22(30)26(2)25-20/h3-4,6-7,14,17H,5,8-13,15H2,1-2H3,(H,24,29). The van der Waals surface area contributed by atoms with E-state index >= 15 is 0 Å². The largest absolute Gasteiger partial charge is 0.340 e. The Kier molecular flexibility index (Phi) is 6.18. The fourth-order valence-electron chi connectivity index (χ4n) is 4.32. The Balaban J connectivity index is 1.27. The molecule has 1 atom stereocenters. The van der Waals surface area contributed by atoms with E-state index < -0.39 is 0 Å². The number of piperazine rings is 1. The van der Waals surface area contributed by atoms with Gasteiger partial charge in [-0.15, -0.1) is 0 Å². The first-order valence-electron chi connectivity index (χ1n) is 10.8. The van der Waals surface area contributed by atoms with Crippen LogP contribution in [0, 0.1) is 12.8 Å². The van der Waals surface area contributed by atoms with E-state index in [1.54, 1.807) is 13.1 Å². The molecule has 2 aliphatic rings. The minimum atomic E-state index is -0.135. The molecule has 1 N–H and O–H groups in total. The molecule has 8 heteroatoms. The first-order chi connectivity index (χ1) is 14.9. The average Bonchev–Trinajstić information content (AvgIpc) is 2.76. The molecule has 1 saturated heterocycles. The van der Waals surface area contributed by atoms with E-state index in [4.69, 9.17) is 0 Å². The average molecular weight is 424 g/mol. The lowest BCUT2D eigenvalue weighted by molar-refractivity contribution is -0.137. The van der Waals surface area contributed by atoms with Crippen LogP contribution in [-0.2, 0) is 29.5 Å². The first kappa shape index (κ1) is 21.2. The number of nitrogens with zero attached hydrogens (tertiary/aromatic N) is 4. The summed E-state index contributed by atoms with van der Waals surface area (Å²) in [5.74, 6) is 0.00877. The number of fused-ring (bicyclic) bond motifs is 1. The second kappa shape index (κ2) is 9.01. The van der Waals surface area contributed by atoms with E-state index in [2.05, 4.69) is 15.3 Å². The zero-order valence-electron chi connectivity index (χ0n) is 18.1. The van der Waals surface area contributed by atoms with Gasteiger partial charge in [0.2, 0.25) is 11.8 Å². The Hall–Kier alpha value is -3.00. The number of carbonyl (C=O) groups excluding carboxylic acids is 2. The molecular weight excluding hydrogens is 394 g/mol. The molecule has 1 fully saturated rings. The summed E-state index contributed by atoms with van der Waals surface area (Å²) in [5, 5.41) is 7.25. The topological polar surface area (TPSA) is 87.5 Å². The quantitative estimate of drug-likeness (QED) is 0.792. The predicted octanol–water partition coefficient (Wildman–Crippen LogP) is 0.977. The summed E-state index contributed by atoms with van der Waals surface area (Å²) >= 11 is 0. The Morgan fingerprint density at radius 1 is 1.13 bits per heavy atom. The summed E-state index contributed by atoms with van der Waals surface area (Å²) < 4.78 is 1.36. The molecule has 0 spiro atoms. The van der Waals surface area contributed by atoms with Crippen molar-refractivity contribution in [3.05, 3.63) is 57.5 Å². The molecule has 31 heavy (non-hydrogen) atoms. The number of aromatic nitrogens is 2. The monoisotopic (exact) mass is 423 g/mol. The molecule has 164 valence electrons. The maximum atomic E-state index is 13.0. The van der Waals surface area contributed by atoms with Crippen molar-refractivity contribution in [1.29, 1.82) is 0 Å². The molecule has 0 saturated carbocycles. The van der Waals surface area contributed by atoms with E-state index in [1.165, 1.54) is 4.68 Å². The van der Waals surface area contributed by atoms with Gasteiger partial charge in [0.15, 0.2) is 0 Å². The van der Waals surface area contributed by atoms with Gasteiger partial charge in [-0.2, -0.15) is 5.10 Å². The first-order valence-corrected chi connectivity index (χ1v) is 10.8. The van der Waals surface area contributed by atoms with Crippen molar-refractivity contribution in [2.45, 2.75) is 26.2 Å². The Bertz CT molecular complexity index is 1020. The summed E-state index contributed by atoms with van der Waals surface area (Å²) in [4.78, 5) is 41.2. The minimum absolute atomic E-state index is 0.0402. The van der Waals surface area contributed by atoms with Crippen LogP contribution >= 0.6 is 0 Å². The molecule has 1 unspecified atom stereocenters. The number of carbonyl (C=O) groups is 2. The number of hydrogen-bond donors (Lipinski definition) is 1. The third-order valence-electron chi connectivity index (χ3n) is 6.19. The molecular formula is C23H29N5O3. The Labute approximate surface area is 181 Å². The van der Waals surface area contributed by atoms with Crippen LogP contribution in [0.25, 0.3) is 0 Å². The lowest BCUT2D eigenvalue weighted by Crippen LogP contribution is -2.52. The summed E-state index contributed by atoms with van der Waals surface area (Å²) in [6.45, 7) is 4.93. The van der Waals surface area contributed by atoms with Gasteiger partial charge in [-0.25, -0.2) is 4.68 Å². The fourth-order valence-corrected chi connectivity index (χ4v) is 4.32. The van der Waals surface area contributed by atoms with E-state index in [0.29, 0.717) is 39.1 Å². The molecule has 8 nitrogen and oxygen atoms in total. The van der Waals surface area contributed by atoms with Crippen LogP contribution < -0.4 is 10.9 Å². The SMILES string of the molecule is Cc1ccc(NC(=O)CN2CCN(C(=O)C3CCc4nn(C)c(=O)cc4C3)CC2)cc1. The van der Waals surface area contributed by atoms with Gasteiger partial charge in [-0.05, 0) is 43.9 Å². The molecule has 0 bridgehead atoms. The summed E-state index contributed by atoms with van der Waals surface area (Å²) in [6, 6.07) is 9.36. The predicted molar refractivity (Wildman–Crippen MR) is 118 cm³/mol.